The summed E-state index contributed by atoms with van der Waals surface area (Å²) >= 11 is 1.37. The second-order valence-corrected chi connectivity index (χ2v) is 11.3. The number of ether oxygens (including phenoxy) is 2. The Balaban J connectivity index is 3.61. The van der Waals surface area contributed by atoms with Crippen molar-refractivity contribution in [1.82, 2.24) is 0 Å². The maximum Gasteiger partial charge on any atom is 0.307 e. The van der Waals surface area contributed by atoms with E-state index in [1.54, 1.807) is 20.8 Å². The Bertz CT molecular complexity index is 544. The minimum absolute atomic E-state index is 0.154. The zero-order valence-electron chi connectivity index (χ0n) is 22.2. The van der Waals surface area contributed by atoms with Gasteiger partial charge in [0, 0.05) is 17.9 Å². The highest BCUT2D eigenvalue weighted by atomic mass is 32.2. The molecule has 1 N–H and O–H groups in total. The predicted octanol–water partition coefficient (Wildman–Crippen LogP) is 7.18. The van der Waals surface area contributed by atoms with Gasteiger partial charge in [-0.15, -0.1) is 0 Å². The molecule has 0 saturated heterocycles. The van der Waals surface area contributed by atoms with Gasteiger partial charge in [-0.1, -0.05) is 84.0 Å². The third kappa shape index (κ3) is 22.5. The summed E-state index contributed by atoms with van der Waals surface area (Å²) < 4.78 is 10.4. The fraction of sp³-hybridized carbons (Fsp3) is 0.889. The summed E-state index contributed by atoms with van der Waals surface area (Å²) in [6, 6.07) is 0. The van der Waals surface area contributed by atoms with Crippen LogP contribution in [0, 0.1) is 5.92 Å². The van der Waals surface area contributed by atoms with Crippen LogP contribution < -0.4 is 0 Å². The Morgan fingerprint density at radius 2 is 1.29 bits per heavy atom. The van der Waals surface area contributed by atoms with Gasteiger partial charge in [-0.2, -0.15) is 11.8 Å². The average molecular weight is 503 g/mol. The molecular weight excluding hydrogens is 452 g/mol. The van der Waals surface area contributed by atoms with Crippen LogP contribution in [0.5, 0.6) is 0 Å². The van der Waals surface area contributed by atoms with E-state index in [0.717, 1.165) is 12.8 Å². The molecule has 0 aliphatic carbocycles. The Morgan fingerprint density at radius 3 is 1.76 bits per heavy atom. The maximum atomic E-state index is 11.9. The number of carboxylic acids is 1. The lowest BCUT2D eigenvalue weighted by atomic mass is 10.0. The molecule has 0 aromatic carbocycles. The van der Waals surface area contributed by atoms with Gasteiger partial charge < -0.3 is 14.6 Å². The summed E-state index contributed by atoms with van der Waals surface area (Å²) in [6.07, 6.45) is 16.8. The van der Waals surface area contributed by atoms with E-state index in [0.29, 0.717) is 12.2 Å². The van der Waals surface area contributed by atoms with Gasteiger partial charge in [0.1, 0.15) is 12.2 Å². The number of carbonyl (C=O) groups excluding carboxylic acids is 2. The third-order valence-corrected chi connectivity index (χ3v) is 6.57. The number of carbonyl (C=O) groups is 3. The summed E-state index contributed by atoms with van der Waals surface area (Å²) in [6.45, 7) is 7.77. The maximum absolute atomic E-state index is 11.9. The molecule has 0 radical (unpaired) electrons. The first kappa shape index (κ1) is 32.8. The molecule has 34 heavy (non-hydrogen) atoms. The first-order valence-corrected chi connectivity index (χ1v) is 14.5. The molecule has 0 aliphatic heterocycles. The summed E-state index contributed by atoms with van der Waals surface area (Å²) in [5.74, 6) is -1.72. The second-order valence-electron chi connectivity index (χ2n) is 10.1. The topological polar surface area (TPSA) is 89.9 Å². The van der Waals surface area contributed by atoms with Crippen LogP contribution >= 0.6 is 11.8 Å². The number of carboxylic acid groups (broad SMARTS) is 1. The molecule has 200 valence electrons. The minimum Gasteiger partial charge on any atom is -0.481 e. The highest BCUT2D eigenvalue weighted by Gasteiger charge is 2.25. The van der Waals surface area contributed by atoms with Crippen LogP contribution in [0.1, 0.15) is 124 Å². The highest BCUT2D eigenvalue weighted by Crippen LogP contribution is 2.17. The van der Waals surface area contributed by atoms with Crippen LogP contribution in [-0.2, 0) is 23.9 Å². The SMILES string of the molecule is CCCCCCCCCCCCCCCC(=O)OCCSC[C@H](CC(=O)OC(C)(C)C)C(=O)O. The molecular formula is C27H50O6S. The summed E-state index contributed by atoms with van der Waals surface area (Å²) in [5.41, 5.74) is -0.630. The van der Waals surface area contributed by atoms with Gasteiger partial charge in [0.25, 0.3) is 0 Å². The van der Waals surface area contributed by atoms with Crippen molar-refractivity contribution in [1.29, 1.82) is 0 Å². The van der Waals surface area contributed by atoms with Crippen molar-refractivity contribution in [3.05, 3.63) is 0 Å². The van der Waals surface area contributed by atoms with Crippen LogP contribution in [0.3, 0.4) is 0 Å². The number of unbranched alkanes of at least 4 members (excludes halogenated alkanes) is 12. The molecule has 0 aromatic heterocycles. The molecule has 0 spiro atoms. The smallest absolute Gasteiger partial charge is 0.307 e. The second kappa shape index (κ2) is 21.1. The number of thioether (sulfide) groups is 1. The molecule has 0 unspecified atom stereocenters. The summed E-state index contributed by atoms with van der Waals surface area (Å²) in [7, 11) is 0. The molecule has 0 amide bonds. The molecule has 0 rings (SSSR count). The number of hydrogen-bond acceptors (Lipinski definition) is 6. The quantitative estimate of drug-likeness (QED) is 0.124. The zero-order chi connectivity index (χ0) is 25.7. The Kier molecular flexibility index (Phi) is 20.3. The van der Waals surface area contributed by atoms with Gasteiger partial charge in [0.05, 0.1) is 12.3 Å². The Morgan fingerprint density at radius 1 is 0.794 bits per heavy atom. The summed E-state index contributed by atoms with van der Waals surface area (Å²) in [4.78, 5) is 35.1. The van der Waals surface area contributed by atoms with Crippen molar-refractivity contribution in [2.45, 2.75) is 130 Å². The van der Waals surface area contributed by atoms with Crippen molar-refractivity contribution >= 4 is 29.7 Å². The van der Waals surface area contributed by atoms with Crippen LogP contribution in [0.15, 0.2) is 0 Å². The lowest BCUT2D eigenvalue weighted by Crippen LogP contribution is -2.28. The third-order valence-electron chi connectivity index (χ3n) is 5.48. The van der Waals surface area contributed by atoms with Crippen LogP contribution in [0.2, 0.25) is 0 Å². The molecule has 0 aliphatic rings. The molecule has 7 heteroatoms. The average Bonchev–Trinajstić information content (AvgIpc) is 2.74. The molecule has 1 atom stereocenters. The number of aliphatic carboxylic acids is 1. The first-order chi connectivity index (χ1) is 16.2. The lowest BCUT2D eigenvalue weighted by Gasteiger charge is -2.20. The van der Waals surface area contributed by atoms with E-state index >= 15 is 0 Å². The van der Waals surface area contributed by atoms with Crippen LogP contribution in [-0.4, -0.2) is 46.7 Å². The number of rotatable bonds is 22. The molecule has 0 bridgehead atoms. The van der Waals surface area contributed by atoms with Crippen LogP contribution in [0.25, 0.3) is 0 Å². The lowest BCUT2D eigenvalue weighted by molar-refractivity contribution is -0.159. The molecule has 0 saturated carbocycles. The molecule has 0 fully saturated rings. The van der Waals surface area contributed by atoms with Gasteiger partial charge in [0.15, 0.2) is 0 Å². The summed E-state index contributed by atoms with van der Waals surface area (Å²) in [5, 5.41) is 9.31. The number of hydrogen-bond donors (Lipinski definition) is 1. The molecule has 6 nitrogen and oxygen atoms in total. The Labute approximate surface area is 212 Å². The van der Waals surface area contributed by atoms with Gasteiger partial charge in [-0.05, 0) is 27.2 Å². The highest BCUT2D eigenvalue weighted by molar-refractivity contribution is 7.99. The van der Waals surface area contributed by atoms with E-state index in [1.807, 2.05) is 0 Å². The predicted molar refractivity (Wildman–Crippen MR) is 140 cm³/mol. The fourth-order valence-electron chi connectivity index (χ4n) is 3.60. The Hall–Kier alpha value is -1.24. The molecule has 0 aromatic rings. The number of esters is 2. The van der Waals surface area contributed by atoms with E-state index < -0.39 is 23.5 Å². The van der Waals surface area contributed by atoms with E-state index in [1.165, 1.54) is 82.4 Å². The van der Waals surface area contributed by atoms with E-state index in [4.69, 9.17) is 9.47 Å². The minimum atomic E-state index is -1.02. The largest absolute Gasteiger partial charge is 0.481 e. The van der Waals surface area contributed by atoms with Gasteiger partial charge >= 0.3 is 17.9 Å². The van der Waals surface area contributed by atoms with Gasteiger partial charge in [0.2, 0.25) is 0 Å². The van der Waals surface area contributed by atoms with Crippen molar-refractivity contribution < 1.29 is 29.0 Å². The van der Waals surface area contributed by atoms with Crippen molar-refractivity contribution in [2.24, 2.45) is 5.92 Å². The van der Waals surface area contributed by atoms with E-state index in [-0.39, 0.29) is 24.7 Å². The standard InChI is InChI=1S/C27H50O6S/c1-5-6-7-8-9-10-11-12-13-14-15-16-17-18-24(28)32-19-20-34-22-23(26(30)31)21-25(29)33-27(2,3)4/h23H,5-22H2,1-4H3,(H,30,31)/t23-/m0/s1. The van der Waals surface area contributed by atoms with E-state index in [2.05, 4.69) is 6.92 Å². The van der Waals surface area contributed by atoms with Crippen molar-refractivity contribution in [2.75, 3.05) is 18.1 Å². The van der Waals surface area contributed by atoms with Crippen LogP contribution in [0.4, 0.5) is 0 Å². The van der Waals surface area contributed by atoms with Gasteiger partial charge in [-0.3, -0.25) is 14.4 Å². The first-order valence-electron chi connectivity index (χ1n) is 13.3. The van der Waals surface area contributed by atoms with Crippen molar-refractivity contribution in [3.63, 3.8) is 0 Å². The van der Waals surface area contributed by atoms with E-state index in [9.17, 15) is 19.5 Å². The van der Waals surface area contributed by atoms with Crippen molar-refractivity contribution in [3.8, 4) is 0 Å². The fourth-order valence-corrected chi connectivity index (χ4v) is 4.51. The molecule has 0 heterocycles. The van der Waals surface area contributed by atoms with Gasteiger partial charge in [-0.25, -0.2) is 0 Å². The normalized spacial score (nSPS) is 12.4. The zero-order valence-corrected chi connectivity index (χ0v) is 23.0. The monoisotopic (exact) mass is 502 g/mol.